The minimum absolute atomic E-state index is 0.153. The standard InChI is InChI=1S/C22H26O6/c1-6-14(2)15-7-9-16(10-8-15)18(23)13-28-22(24)17-11-12-19(25-3)21(27-5)20(17)26-4/h7-12,14H,6,13H2,1-5H3/t14-/m0/s1. The molecule has 6 nitrogen and oxygen atoms in total. The molecule has 0 aromatic heterocycles. The van der Waals surface area contributed by atoms with E-state index >= 15 is 0 Å². The van der Waals surface area contributed by atoms with E-state index in [0.717, 1.165) is 6.42 Å². The predicted molar refractivity (Wildman–Crippen MR) is 106 cm³/mol. The smallest absolute Gasteiger partial charge is 0.342 e. The van der Waals surface area contributed by atoms with Crippen LogP contribution in [0, 0.1) is 0 Å². The quantitative estimate of drug-likeness (QED) is 0.474. The summed E-state index contributed by atoms with van der Waals surface area (Å²) in [6.07, 6.45) is 1.03. The number of methoxy groups -OCH3 is 3. The third kappa shape index (κ3) is 4.63. The Hall–Kier alpha value is -3.02. The van der Waals surface area contributed by atoms with Gasteiger partial charge in [0.25, 0.3) is 0 Å². The topological polar surface area (TPSA) is 71.1 Å². The van der Waals surface area contributed by atoms with E-state index in [1.165, 1.54) is 33.0 Å². The van der Waals surface area contributed by atoms with Crippen LogP contribution in [0.3, 0.4) is 0 Å². The number of hydrogen-bond acceptors (Lipinski definition) is 6. The van der Waals surface area contributed by atoms with E-state index in [9.17, 15) is 9.59 Å². The van der Waals surface area contributed by atoms with Crippen LogP contribution >= 0.6 is 0 Å². The van der Waals surface area contributed by atoms with Gasteiger partial charge in [-0.05, 0) is 30.0 Å². The molecule has 0 spiro atoms. The largest absolute Gasteiger partial charge is 0.493 e. The second-order valence-electron chi connectivity index (χ2n) is 6.31. The van der Waals surface area contributed by atoms with Crippen molar-refractivity contribution in [1.82, 2.24) is 0 Å². The van der Waals surface area contributed by atoms with E-state index in [2.05, 4.69) is 13.8 Å². The molecular weight excluding hydrogens is 360 g/mol. The summed E-state index contributed by atoms with van der Waals surface area (Å²) in [6.45, 7) is 3.89. The van der Waals surface area contributed by atoms with Crippen LogP contribution in [-0.2, 0) is 4.74 Å². The zero-order valence-electron chi connectivity index (χ0n) is 16.9. The van der Waals surface area contributed by atoms with E-state index < -0.39 is 5.97 Å². The summed E-state index contributed by atoms with van der Waals surface area (Å²) in [7, 11) is 4.35. The van der Waals surface area contributed by atoms with Gasteiger partial charge in [-0.3, -0.25) is 4.79 Å². The Morgan fingerprint density at radius 3 is 2.07 bits per heavy atom. The molecule has 2 rings (SSSR count). The number of carbonyl (C=O) groups excluding carboxylic acids is 2. The fraction of sp³-hybridized carbons (Fsp3) is 0.364. The Morgan fingerprint density at radius 2 is 1.54 bits per heavy atom. The highest BCUT2D eigenvalue weighted by Gasteiger charge is 2.22. The average molecular weight is 386 g/mol. The first-order valence-corrected chi connectivity index (χ1v) is 9.06. The van der Waals surface area contributed by atoms with E-state index in [4.69, 9.17) is 18.9 Å². The number of ether oxygens (including phenoxy) is 4. The Balaban J connectivity index is 2.10. The minimum Gasteiger partial charge on any atom is -0.493 e. The van der Waals surface area contributed by atoms with E-state index in [1.807, 2.05) is 12.1 Å². The Morgan fingerprint density at radius 1 is 0.893 bits per heavy atom. The molecule has 0 radical (unpaired) electrons. The summed E-state index contributed by atoms with van der Waals surface area (Å²) in [5.41, 5.74) is 1.82. The second kappa shape index (κ2) is 9.78. The van der Waals surface area contributed by atoms with Crippen LogP contribution in [0.5, 0.6) is 17.2 Å². The van der Waals surface area contributed by atoms with Gasteiger partial charge in [-0.1, -0.05) is 38.1 Å². The van der Waals surface area contributed by atoms with Gasteiger partial charge in [-0.15, -0.1) is 0 Å². The van der Waals surface area contributed by atoms with Crippen molar-refractivity contribution in [2.24, 2.45) is 0 Å². The summed E-state index contributed by atoms with van der Waals surface area (Å²) in [4.78, 5) is 24.8. The molecule has 0 fully saturated rings. The highest BCUT2D eigenvalue weighted by Crippen LogP contribution is 2.39. The van der Waals surface area contributed by atoms with Crippen LogP contribution in [0.15, 0.2) is 36.4 Å². The molecule has 1 atom stereocenters. The normalized spacial score (nSPS) is 11.5. The Bertz CT molecular complexity index is 826. The number of Topliss-reactive ketones (excluding diaryl/α,β-unsaturated/α-hetero) is 1. The molecule has 2 aromatic carbocycles. The fourth-order valence-electron chi connectivity index (χ4n) is 2.79. The van der Waals surface area contributed by atoms with Crippen molar-refractivity contribution in [3.8, 4) is 17.2 Å². The maximum absolute atomic E-state index is 12.5. The molecule has 150 valence electrons. The van der Waals surface area contributed by atoms with Crippen LogP contribution in [0.25, 0.3) is 0 Å². The van der Waals surface area contributed by atoms with E-state index in [0.29, 0.717) is 17.2 Å². The Kier molecular flexibility index (Phi) is 7.44. The van der Waals surface area contributed by atoms with Gasteiger partial charge in [0.15, 0.2) is 23.9 Å². The van der Waals surface area contributed by atoms with Crippen LogP contribution in [0.2, 0.25) is 0 Å². The van der Waals surface area contributed by atoms with Crippen molar-refractivity contribution < 1.29 is 28.5 Å². The Labute approximate surface area is 165 Å². The summed E-state index contributed by atoms with van der Waals surface area (Å²) < 4.78 is 20.9. The van der Waals surface area contributed by atoms with Gasteiger partial charge in [0.05, 0.1) is 21.3 Å². The second-order valence-corrected chi connectivity index (χ2v) is 6.31. The molecule has 0 aliphatic rings. The molecule has 6 heteroatoms. The highest BCUT2D eigenvalue weighted by atomic mass is 16.5. The van der Waals surface area contributed by atoms with Gasteiger partial charge >= 0.3 is 5.97 Å². The molecule has 0 bridgehead atoms. The zero-order chi connectivity index (χ0) is 20.7. The molecule has 28 heavy (non-hydrogen) atoms. The van der Waals surface area contributed by atoms with Gasteiger partial charge in [0.2, 0.25) is 5.75 Å². The number of rotatable bonds is 9. The van der Waals surface area contributed by atoms with Crippen molar-refractivity contribution in [3.63, 3.8) is 0 Å². The number of carbonyl (C=O) groups is 2. The number of ketones is 1. The van der Waals surface area contributed by atoms with Crippen molar-refractivity contribution in [1.29, 1.82) is 0 Å². The lowest BCUT2D eigenvalue weighted by Gasteiger charge is -2.15. The van der Waals surface area contributed by atoms with Crippen molar-refractivity contribution in [2.75, 3.05) is 27.9 Å². The van der Waals surface area contributed by atoms with Crippen LogP contribution in [-0.4, -0.2) is 39.7 Å². The number of esters is 1. The minimum atomic E-state index is -0.678. The molecule has 0 amide bonds. The average Bonchev–Trinajstić information content (AvgIpc) is 2.75. The molecule has 0 saturated heterocycles. The van der Waals surface area contributed by atoms with E-state index in [1.54, 1.807) is 18.2 Å². The van der Waals surface area contributed by atoms with Gasteiger partial charge in [0, 0.05) is 5.56 Å². The molecular formula is C22H26O6. The molecule has 0 heterocycles. The van der Waals surface area contributed by atoms with Crippen LogP contribution in [0.1, 0.15) is 52.5 Å². The molecule has 0 aliphatic heterocycles. The first-order valence-electron chi connectivity index (χ1n) is 9.06. The SMILES string of the molecule is CC[C@H](C)c1ccc(C(=O)COC(=O)c2ccc(OC)c(OC)c2OC)cc1. The van der Waals surface area contributed by atoms with Gasteiger partial charge in [-0.2, -0.15) is 0 Å². The number of benzene rings is 2. The van der Waals surface area contributed by atoms with Gasteiger partial charge in [-0.25, -0.2) is 4.79 Å². The first kappa shape index (κ1) is 21.3. The lowest BCUT2D eigenvalue weighted by molar-refractivity contribution is 0.0471. The van der Waals surface area contributed by atoms with Crippen molar-refractivity contribution in [3.05, 3.63) is 53.1 Å². The first-order chi connectivity index (χ1) is 13.5. The predicted octanol–water partition coefficient (Wildman–Crippen LogP) is 4.27. The summed E-state index contributed by atoms with van der Waals surface area (Å²) in [5, 5.41) is 0. The fourth-order valence-corrected chi connectivity index (χ4v) is 2.79. The summed E-state index contributed by atoms with van der Waals surface area (Å²) in [5.74, 6) is 0.377. The molecule has 0 aliphatic carbocycles. The van der Waals surface area contributed by atoms with Gasteiger partial charge in [0.1, 0.15) is 5.56 Å². The van der Waals surface area contributed by atoms with Crippen molar-refractivity contribution >= 4 is 11.8 Å². The van der Waals surface area contributed by atoms with E-state index in [-0.39, 0.29) is 29.5 Å². The third-order valence-corrected chi connectivity index (χ3v) is 4.67. The summed E-state index contributed by atoms with van der Waals surface area (Å²) >= 11 is 0. The number of hydrogen-bond donors (Lipinski definition) is 0. The van der Waals surface area contributed by atoms with Crippen LogP contribution in [0.4, 0.5) is 0 Å². The lowest BCUT2D eigenvalue weighted by atomic mass is 9.97. The monoisotopic (exact) mass is 386 g/mol. The molecule has 2 aromatic rings. The molecule has 0 N–H and O–H groups in total. The molecule has 0 unspecified atom stereocenters. The lowest BCUT2D eigenvalue weighted by Crippen LogP contribution is -2.15. The maximum atomic E-state index is 12.5. The highest BCUT2D eigenvalue weighted by molar-refractivity contribution is 6.00. The maximum Gasteiger partial charge on any atom is 0.342 e. The summed E-state index contributed by atoms with van der Waals surface area (Å²) in [6, 6.07) is 10.5. The third-order valence-electron chi connectivity index (χ3n) is 4.67. The van der Waals surface area contributed by atoms with Gasteiger partial charge < -0.3 is 18.9 Å². The molecule has 0 saturated carbocycles. The van der Waals surface area contributed by atoms with Crippen molar-refractivity contribution in [2.45, 2.75) is 26.2 Å². The van der Waals surface area contributed by atoms with Crippen LogP contribution < -0.4 is 14.2 Å². The zero-order valence-corrected chi connectivity index (χ0v) is 16.9.